The molecule has 52 valence electrons. The van der Waals surface area contributed by atoms with Crippen LogP contribution in [0.25, 0.3) is 0 Å². The Hall–Kier alpha value is -0.850. The molecule has 10 heavy (non-hydrogen) atoms. The minimum absolute atomic E-state index is 0.122. The van der Waals surface area contributed by atoms with Gasteiger partial charge in [-0.1, -0.05) is 5.92 Å². The van der Waals surface area contributed by atoms with E-state index in [-0.39, 0.29) is 6.61 Å². The number of hydrogen-bond acceptors (Lipinski definition) is 3. The van der Waals surface area contributed by atoms with Gasteiger partial charge in [0.05, 0.1) is 12.1 Å². The zero-order valence-corrected chi connectivity index (χ0v) is 6.19. The predicted molar refractivity (Wildman–Crippen MR) is 40.7 cm³/mol. The quantitative estimate of drug-likeness (QED) is 0.607. The highest BCUT2D eigenvalue weighted by atomic mass is 32.1. The summed E-state index contributed by atoms with van der Waals surface area (Å²) in [6, 6.07) is 0. The van der Waals surface area contributed by atoms with E-state index in [1.807, 2.05) is 5.38 Å². The fraction of sp³-hybridized carbons (Fsp3) is 0.286. The van der Waals surface area contributed by atoms with Crippen molar-refractivity contribution in [1.29, 1.82) is 0 Å². The molecule has 1 rings (SSSR count). The van der Waals surface area contributed by atoms with Crippen LogP contribution >= 0.6 is 11.3 Å². The Morgan fingerprint density at radius 3 is 3.20 bits per heavy atom. The van der Waals surface area contributed by atoms with Gasteiger partial charge in [-0.3, -0.25) is 0 Å². The SMILES string of the molecule is OCCC#Cc1cscn1. The van der Waals surface area contributed by atoms with Crippen LogP contribution in [-0.2, 0) is 0 Å². The van der Waals surface area contributed by atoms with E-state index in [4.69, 9.17) is 5.11 Å². The summed E-state index contributed by atoms with van der Waals surface area (Å²) in [7, 11) is 0. The van der Waals surface area contributed by atoms with Crippen molar-refractivity contribution in [3.8, 4) is 11.8 Å². The first-order valence-electron chi connectivity index (χ1n) is 2.91. The fourth-order valence-electron chi connectivity index (χ4n) is 0.483. The van der Waals surface area contributed by atoms with Gasteiger partial charge in [0, 0.05) is 11.8 Å². The smallest absolute Gasteiger partial charge is 0.124 e. The van der Waals surface area contributed by atoms with Crippen molar-refractivity contribution < 1.29 is 5.11 Å². The minimum atomic E-state index is 0.122. The number of nitrogens with zero attached hydrogens (tertiary/aromatic N) is 1. The average molecular weight is 153 g/mol. The summed E-state index contributed by atoms with van der Waals surface area (Å²) in [6.45, 7) is 0.122. The summed E-state index contributed by atoms with van der Waals surface area (Å²) in [5.41, 5.74) is 2.53. The van der Waals surface area contributed by atoms with Gasteiger partial charge < -0.3 is 5.11 Å². The molecule has 0 aliphatic rings. The largest absolute Gasteiger partial charge is 0.395 e. The Morgan fingerprint density at radius 2 is 2.60 bits per heavy atom. The van der Waals surface area contributed by atoms with Gasteiger partial charge in [-0.15, -0.1) is 11.3 Å². The van der Waals surface area contributed by atoms with Gasteiger partial charge in [-0.25, -0.2) is 4.98 Å². The highest BCUT2D eigenvalue weighted by molar-refractivity contribution is 7.07. The molecular weight excluding hydrogens is 146 g/mol. The normalized spacial score (nSPS) is 8.50. The Bertz CT molecular complexity index is 232. The Balaban J connectivity index is 2.49. The number of aliphatic hydroxyl groups is 1. The molecule has 0 saturated heterocycles. The molecule has 0 amide bonds. The third kappa shape index (κ3) is 2.18. The van der Waals surface area contributed by atoms with E-state index >= 15 is 0 Å². The van der Waals surface area contributed by atoms with Crippen LogP contribution in [0.4, 0.5) is 0 Å². The molecule has 1 aromatic heterocycles. The van der Waals surface area contributed by atoms with E-state index in [0.717, 1.165) is 5.69 Å². The molecule has 0 aliphatic carbocycles. The van der Waals surface area contributed by atoms with E-state index in [1.165, 1.54) is 11.3 Å². The summed E-state index contributed by atoms with van der Waals surface area (Å²) < 4.78 is 0. The number of hydrogen-bond donors (Lipinski definition) is 1. The maximum atomic E-state index is 8.37. The second-order valence-electron chi connectivity index (χ2n) is 1.65. The summed E-state index contributed by atoms with van der Waals surface area (Å²) in [6.07, 6.45) is 0.525. The highest BCUT2D eigenvalue weighted by Crippen LogP contribution is 1.97. The fourth-order valence-corrected chi connectivity index (χ4v) is 0.967. The van der Waals surface area contributed by atoms with Gasteiger partial charge in [0.25, 0.3) is 0 Å². The molecule has 0 unspecified atom stereocenters. The van der Waals surface area contributed by atoms with Crippen LogP contribution in [0, 0.1) is 11.8 Å². The topological polar surface area (TPSA) is 33.1 Å². The van der Waals surface area contributed by atoms with Gasteiger partial charge in [0.1, 0.15) is 5.69 Å². The van der Waals surface area contributed by atoms with E-state index in [1.54, 1.807) is 5.51 Å². The first-order valence-corrected chi connectivity index (χ1v) is 3.85. The van der Waals surface area contributed by atoms with E-state index in [2.05, 4.69) is 16.8 Å². The standard InChI is InChI=1S/C7H7NOS/c9-4-2-1-3-7-5-10-6-8-7/h5-6,9H,2,4H2. The number of thiazole rings is 1. The van der Waals surface area contributed by atoms with Gasteiger partial charge in [0.2, 0.25) is 0 Å². The summed E-state index contributed by atoms with van der Waals surface area (Å²) in [5, 5.41) is 10.3. The van der Waals surface area contributed by atoms with Crippen LogP contribution in [0.15, 0.2) is 10.9 Å². The lowest BCUT2D eigenvalue weighted by atomic mass is 10.4. The monoisotopic (exact) mass is 153 g/mol. The lowest BCUT2D eigenvalue weighted by molar-refractivity contribution is 0.305. The first-order chi connectivity index (χ1) is 4.93. The molecule has 0 spiro atoms. The van der Waals surface area contributed by atoms with Crippen molar-refractivity contribution in [1.82, 2.24) is 4.98 Å². The second-order valence-corrected chi connectivity index (χ2v) is 2.37. The predicted octanol–water partition coefficient (Wildman–Crippen LogP) is 0.877. The summed E-state index contributed by atoms with van der Waals surface area (Å²) in [4.78, 5) is 3.95. The molecule has 1 N–H and O–H groups in total. The van der Waals surface area contributed by atoms with E-state index in [0.29, 0.717) is 6.42 Å². The van der Waals surface area contributed by atoms with Crippen molar-refractivity contribution in [2.24, 2.45) is 0 Å². The molecule has 0 saturated carbocycles. The third-order valence-corrected chi connectivity index (χ3v) is 1.47. The number of rotatable bonds is 1. The van der Waals surface area contributed by atoms with Gasteiger partial charge >= 0.3 is 0 Å². The lowest BCUT2D eigenvalue weighted by Crippen LogP contribution is -1.76. The van der Waals surface area contributed by atoms with Crippen LogP contribution in [-0.4, -0.2) is 16.7 Å². The number of aromatic nitrogens is 1. The first kappa shape index (κ1) is 7.26. The van der Waals surface area contributed by atoms with Crippen molar-refractivity contribution in [2.45, 2.75) is 6.42 Å². The Labute approximate surface area is 63.5 Å². The number of aliphatic hydroxyl groups excluding tert-OH is 1. The molecule has 1 aromatic rings. The van der Waals surface area contributed by atoms with Gasteiger partial charge in [-0.2, -0.15) is 0 Å². The van der Waals surface area contributed by atoms with Crippen LogP contribution < -0.4 is 0 Å². The molecular formula is C7H7NOS. The molecule has 0 bridgehead atoms. The van der Waals surface area contributed by atoms with Crippen molar-refractivity contribution in [2.75, 3.05) is 6.61 Å². The van der Waals surface area contributed by atoms with Crippen LogP contribution in [0.3, 0.4) is 0 Å². The maximum absolute atomic E-state index is 8.37. The van der Waals surface area contributed by atoms with Gasteiger partial charge in [0.15, 0.2) is 0 Å². The molecule has 2 nitrogen and oxygen atoms in total. The zero-order chi connectivity index (χ0) is 7.23. The van der Waals surface area contributed by atoms with E-state index in [9.17, 15) is 0 Å². The van der Waals surface area contributed by atoms with Crippen LogP contribution in [0.1, 0.15) is 12.1 Å². The minimum Gasteiger partial charge on any atom is -0.395 e. The summed E-state index contributed by atoms with van der Waals surface area (Å²) >= 11 is 1.52. The maximum Gasteiger partial charge on any atom is 0.124 e. The zero-order valence-electron chi connectivity index (χ0n) is 5.37. The van der Waals surface area contributed by atoms with Crippen LogP contribution in [0.2, 0.25) is 0 Å². The average Bonchev–Trinajstić information content (AvgIpc) is 2.41. The van der Waals surface area contributed by atoms with Crippen LogP contribution in [0.5, 0.6) is 0 Å². The van der Waals surface area contributed by atoms with E-state index < -0.39 is 0 Å². The lowest BCUT2D eigenvalue weighted by Gasteiger charge is -1.76. The second kappa shape index (κ2) is 4.04. The molecule has 0 aromatic carbocycles. The molecule has 1 heterocycles. The highest BCUT2D eigenvalue weighted by Gasteiger charge is 1.83. The molecule has 3 heteroatoms. The van der Waals surface area contributed by atoms with Crippen molar-refractivity contribution in [3.05, 3.63) is 16.6 Å². The summed E-state index contributed by atoms with van der Waals surface area (Å²) in [5.74, 6) is 5.60. The molecule has 0 radical (unpaired) electrons. The third-order valence-electron chi connectivity index (χ3n) is 0.886. The van der Waals surface area contributed by atoms with Crippen molar-refractivity contribution >= 4 is 11.3 Å². The molecule has 0 aliphatic heterocycles. The van der Waals surface area contributed by atoms with Crippen molar-refractivity contribution in [3.63, 3.8) is 0 Å². The Kier molecular flexibility index (Phi) is 2.94. The molecule has 0 fully saturated rings. The van der Waals surface area contributed by atoms with Gasteiger partial charge in [-0.05, 0) is 5.92 Å². The Morgan fingerprint density at radius 1 is 1.70 bits per heavy atom. The molecule has 0 atom stereocenters.